The molecule has 0 amide bonds. The monoisotopic (exact) mass is 294 g/mol. The Morgan fingerprint density at radius 2 is 2.00 bits per heavy atom. The highest BCUT2D eigenvalue weighted by Crippen LogP contribution is 2.46. The highest BCUT2D eigenvalue weighted by molar-refractivity contribution is 7.98. The SMILES string of the molecule is Nc1nnc(CSc2nnc(C3CC3)n2C2CC2)s1. The van der Waals surface area contributed by atoms with Gasteiger partial charge in [-0.15, -0.1) is 20.4 Å². The smallest absolute Gasteiger partial charge is 0.203 e. The number of hydrogen-bond donors (Lipinski definition) is 1. The van der Waals surface area contributed by atoms with E-state index in [1.54, 1.807) is 11.8 Å². The second-order valence-electron chi connectivity index (χ2n) is 5.04. The Kier molecular flexibility index (Phi) is 2.73. The molecule has 6 nitrogen and oxygen atoms in total. The first kappa shape index (κ1) is 11.7. The topological polar surface area (TPSA) is 82.5 Å². The maximum absolute atomic E-state index is 5.59. The van der Waals surface area contributed by atoms with Crippen LogP contribution in [0.25, 0.3) is 0 Å². The van der Waals surface area contributed by atoms with Gasteiger partial charge in [-0.2, -0.15) is 0 Å². The molecule has 0 radical (unpaired) electrons. The number of hydrogen-bond acceptors (Lipinski definition) is 7. The Balaban J connectivity index is 1.53. The lowest BCUT2D eigenvalue weighted by Crippen LogP contribution is -2.01. The van der Waals surface area contributed by atoms with Crippen LogP contribution in [0.15, 0.2) is 5.16 Å². The zero-order valence-electron chi connectivity index (χ0n) is 10.3. The number of nitrogens with zero attached hydrogens (tertiary/aromatic N) is 5. The van der Waals surface area contributed by atoms with E-state index in [2.05, 4.69) is 25.0 Å². The molecule has 8 heteroatoms. The predicted octanol–water partition coefficient (Wildman–Crippen LogP) is 2.22. The Labute approximate surface area is 118 Å². The van der Waals surface area contributed by atoms with E-state index in [4.69, 9.17) is 5.73 Å². The molecule has 2 aliphatic carbocycles. The maximum Gasteiger partial charge on any atom is 0.203 e. The molecule has 2 aromatic rings. The van der Waals surface area contributed by atoms with Crippen molar-refractivity contribution >= 4 is 28.2 Å². The van der Waals surface area contributed by atoms with Crippen LogP contribution < -0.4 is 5.73 Å². The molecule has 2 fully saturated rings. The van der Waals surface area contributed by atoms with Gasteiger partial charge in [-0.05, 0) is 25.7 Å². The van der Waals surface area contributed by atoms with E-state index < -0.39 is 0 Å². The summed E-state index contributed by atoms with van der Waals surface area (Å²) in [7, 11) is 0. The number of rotatable bonds is 5. The molecule has 0 spiro atoms. The van der Waals surface area contributed by atoms with Crippen molar-refractivity contribution in [2.45, 2.75) is 48.6 Å². The summed E-state index contributed by atoms with van der Waals surface area (Å²) < 4.78 is 2.35. The third-order valence-corrected chi connectivity index (χ3v) is 5.24. The number of anilines is 1. The van der Waals surface area contributed by atoms with Crippen molar-refractivity contribution in [3.8, 4) is 0 Å². The average Bonchev–Trinajstić information content (AvgIpc) is 3.33. The van der Waals surface area contributed by atoms with Crippen LogP contribution in [0.1, 0.15) is 48.5 Å². The first-order valence-corrected chi connectivity index (χ1v) is 8.27. The molecule has 4 rings (SSSR count). The lowest BCUT2D eigenvalue weighted by Gasteiger charge is -2.06. The molecule has 2 heterocycles. The van der Waals surface area contributed by atoms with Crippen LogP contribution >= 0.6 is 23.1 Å². The van der Waals surface area contributed by atoms with Gasteiger partial charge in [-0.3, -0.25) is 0 Å². The van der Waals surface area contributed by atoms with Crippen molar-refractivity contribution < 1.29 is 0 Å². The average molecular weight is 294 g/mol. The summed E-state index contributed by atoms with van der Waals surface area (Å²) in [6, 6.07) is 0.632. The first-order valence-electron chi connectivity index (χ1n) is 6.46. The van der Waals surface area contributed by atoms with E-state index in [-0.39, 0.29) is 0 Å². The van der Waals surface area contributed by atoms with E-state index >= 15 is 0 Å². The minimum absolute atomic E-state index is 0.526. The fraction of sp³-hybridized carbons (Fsp3) is 0.636. The Bertz CT molecular complexity index is 598. The minimum atomic E-state index is 0.526. The molecule has 2 saturated carbocycles. The van der Waals surface area contributed by atoms with E-state index in [9.17, 15) is 0 Å². The molecular formula is C11H14N6S2. The summed E-state index contributed by atoms with van der Waals surface area (Å²) in [4.78, 5) is 0. The van der Waals surface area contributed by atoms with E-state index in [0.29, 0.717) is 17.1 Å². The zero-order chi connectivity index (χ0) is 12.8. The molecule has 19 heavy (non-hydrogen) atoms. The number of nitrogen functional groups attached to an aromatic ring is 1. The van der Waals surface area contributed by atoms with Gasteiger partial charge in [0.2, 0.25) is 5.13 Å². The van der Waals surface area contributed by atoms with Crippen LogP contribution in [-0.2, 0) is 5.75 Å². The van der Waals surface area contributed by atoms with Gasteiger partial charge in [0.25, 0.3) is 0 Å². The van der Waals surface area contributed by atoms with Gasteiger partial charge >= 0.3 is 0 Å². The molecule has 0 bridgehead atoms. The van der Waals surface area contributed by atoms with Crippen molar-refractivity contribution in [3.05, 3.63) is 10.8 Å². The van der Waals surface area contributed by atoms with Gasteiger partial charge in [0.1, 0.15) is 10.8 Å². The number of nitrogens with two attached hydrogens (primary N) is 1. The lowest BCUT2D eigenvalue weighted by atomic mass is 10.4. The maximum atomic E-state index is 5.59. The van der Waals surface area contributed by atoms with Crippen LogP contribution in [0.3, 0.4) is 0 Å². The third-order valence-electron chi connectivity index (χ3n) is 3.35. The van der Waals surface area contributed by atoms with Gasteiger partial charge in [0.05, 0.1) is 5.75 Å². The summed E-state index contributed by atoms with van der Waals surface area (Å²) in [6.07, 6.45) is 5.05. The third kappa shape index (κ3) is 2.34. The fourth-order valence-corrected chi connectivity index (χ4v) is 3.74. The Morgan fingerprint density at radius 1 is 1.16 bits per heavy atom. The van der Waals surface area contributed by atoms with E-state index in [0.717, 1.165) is 15.9 Å². The van der Waals surface area contributed by atoms with Gasteiger partial charge < -0.3 is 10.3 Å². The van der Waals surface area contributed by atoms with Crippen molar-refractivity contribution in [2.75, 3.05) is 5.73 Å². The minimum Gasteiger partial charge on any atom is -0.374 e. The Hall–Kier alpha value is -1.15. The van der Waals surface area contributed by atoms with Crippen molar-refractivity contribution in [1.82, 2.24) is 25.0 Å². The van der Waals surface area contributed by atoms with Crippen LogP contribution in [0, 0.1) is 0 Å². The molecule has 0 aliphatic heterocycles. The van der Waals surface area contributed by atoms with Crippen LogP contribution in [0.5, 0.6) is 0 Å². The standard InChI is InChI=1S/C11H14N6S2/c12-10-15-13-8(19-10)5-18-11-16-14-9(6-1-2-6)17(11)7-3-4-7/h6-7H,1-5H2,(H2,12,15). The summed E-state index contributed by atoms with van der Waals surface area (Å²) in [5, 5.41) is 19.1. The van der Waals surface area contributed by atoms with Crippen molar-refractivity contribution in [3.63, 3.8) is 0 Å². The number of thioether (sulfide) groups is 1. The van der Waals surface area contributed by atoms with E-state index in [1.807, 2.05) is 0 Å². The molecule has 0 aromatic carbocycles. The lowest BCUT2D eigenvalue weighted by molar-refractivity contribution is 0.627. The van der Waals surface area contributed by atoms with Crippen LogP contribution in [-0.4, -0.2) is 25.0 Å². The molecular weight excluding hydrogens is 280 g/mol. The second kappa shape index (κ2) is 4.45. The normalized spacial score (nSPS) is 18.9. The zero-order valence-corrected chi connectivity index (χ0v) is 12.0. The molecule has 2 N–H and O–H groups in total. The largest absolute Gasteiger partial charge is 0.374 e. The van der Waals surface area contributed by atoms with Gasteiger partial charge in [0.15, 0.2) is 5.16 Å². The highest BCUT2D eigenvalue weighted by atomic mass is 32.2. The quantitative estimate of drug-likeness (QED) is 0.851. The summed E-state index contributed by atoms with van der Waals surface area (Å²) in [5.74, 6) is 2.62. The van der Waals surface area contributed by atoms with Crippen LogP contribution in [0.4, 0.5) is 5.13 Å². The Morgan fingerprint density at radius 3 is 2.63 bits per heavy atom. The highest BCUT2D eigenvalue weighted by Gasteiger charge is 2.36. The summed E-state index contributed by atoms with van der Waals surface area (Å²) >= 11 is 3.13. The summed E-state index contributed by atoms with van der Waals surface area (Å²) in [5.41, 5.74) is 5.59. The second-order valence-corrected chi connectivity index (χ2v) is 7.08. The fourth-order valence-electron chi connectivity index (χ4n) is 2.13. The molecule has 100 valence electrons. The van der Waals surface area contributed by atoms with Gasteiger partial charge in [-0.1, -0.05) is 23.1 Å². The molecule has 0 unspecified atom stereocenters. The molecule has 2 aliphatic rings. The molecule has 2 aromatic heterocycles. The van der Waals surface area contributed by atoms with Gasteiger partial charge in [-0.25, -0.2) is 0 Å². The van der Waals surface area contributed by atoms with Crippen molar-refractivity contribution in [1.29, 1.82) is 0 Å². The predicted molar refractivity (Wildman–Crippen MR) is 74.2 cm³/mol. The van der Waals surface area contributed by atoms with E-state index in [1.165, 1.54) is 42.8 Å². The first-order chi connectivity index (χ1) is 9.31. The molecule has 0 saturated heterocycles. The van der Waals surface area contributed by atoms with Gasteiger partial charge in [0, 0.05) is 12.0 Å². The number of aromatic nitrogens is 5. The van der Waals surface area contributed by atoms with Crippen molar-refractivity contribution in [2.24, 2.45) is 0 Å². The molecule has 0 atom stereocenters. The summed E-state index contributed by atoms with van der Waals surface area (Å²) in [6.45, 7) is 0. The van der Waals surface area contributed by atoms with Crippen LogP contribution in [0.2, 0.25) is 0 Å².